The van der Waals surface area contributed by atoms with Crippen LogP contribution < -0.4 is 0 Å². The molecule has 0 bridgehead atoms. The van der Waals surface area contributed by atoms with Crippen LogP contribution in [0.15, 0.2) is 4.42 Å². The summed E-state index contributed by atoms with van der Waals surface area (Å²) in [6.07, 6.45) is 4.54. The third kappa shape index (κ3) is 3.80. The molecule has 2 heterocycles. The van der Waals surface area contributed by atoms with E-state index in [1.165, 1.54) is 0 Å². The normalized spacial score (nSPS) is 19.8. The molecule has 2 rings (SSSR count). The molecular weight excluding hydrogens is 246 g/mol. The number of aromatic nitrogens is 1. The Morgan fingerprint density at radius 3 is 2.84 bits per heavy atom. The Bertz CT molecular complexity index is 433. The van der Waals surface area contributed by atoms with E-state index in [2.05, 4.69) is 4.98 Å². The van der Waals surface area contributed by atoms with Gasteiger partial charge in [0.05, 0.1) is 18.2 Å². The van der Waals surface area contributed by atoms with Crippen molar-refractivity contribution in [2.24, 2.45) is 5.92 Å². The zero-order valence-electron chi connectivity index (χ0n) is 11.5. The largest absolute Gasteiger partial charge is 0.475 e. The fourth-order valence-electron chi connectivity index (χ4n) is 2.34. The number of nitrogens with zero attached hydrogens (tertiary/aromatic N) is 1. The molecule has 5 heteroatoms. The first-order chi connectivity index (χ1) is 9.06. The first-order valence-corrected chi connectivity index (χ1v) is 6.89. The van der Waals surface area contributed by atoms with Crippen LogP contribution in [0, 0.1) is 5.92 Å². The third-order valence-corrected chi connectivity index (χ3v) is 3.21. The molecule has 106 valence electrons. The van der Waals surface area contributed by atoms with Crippen molar-refractivity contribution in [2.75, 3.05) is 6.61 Å². The summed E-state index contributed by atoms with van der Waals surface area (Å²) in [4.78, 5) is 15.5. The van der Waals surface area contributed by atoms with E-state index in [1.54, 1.807) is 0 Å². The first kappa shape index (κ1) is 14.1. The molecule has 1 saturated heterocycles. The van der Waals surface area contributed by atoms with E-state index in [4.69, 9.17) is 14.3 Å². The number of hydrogen-bond donors (Lipinski definition) is 1. The number of hydrogen-bond acceptors (Lipinski definition) is 4. The molecule has 19 heavy (non-hydrogen) atoms. The molecular formula is C14H21NO4. The van der Waals surface area contributed by atoms with Gasteiger partial charge in [0, 0.05) is 6.61 Å². The van der Waals surface area contributed by atoms with Crippen molar-refractivity contribution >= 4 is 5.97 Å². The maximum Gasteiger partial charge on any atom is 0.373 e. The van der Waals surface area contributed by atoms with Gasteiger partial charge in [0.2, 0.25) is 5.76 Å². The smallest absolute Gasteiger partial charge is 0.373 e. The lowest BCUT2D eigenvalue weighted by molar-refractivity contribution is 0.0129. The Hall–Kier alpha value is -1.36. The molecule has 0 radical (unpaired) electrons. The van der Waals surface area contributed by atoms with Crippen LogP contribution in [-0.2, 0) is 17.6 Å². The minimum Gasteiger partial charge on any atom is -0.475 e. The molecule has 0 amide bonds. The van der Waals surface area contributed by atoms with Crippen LogP contribution in [0.25, 0.3) is 0 Å². The van der Waals surface area contributed by atoms with Crippen molar-refractivity contribution in [1.82, 2.24) is 4.98 Å². The summed E-state index contributed by atoms with van der Waals surface area (Å²) in [6, 6.07) is 0. The number of oxazole rings is 1. The number of rotatable bonds is 5. The maximum atomic E-state index is 11.1. The predicted octanol–water partition coefficient (Wildman–Crippen LogP) is 2.68. The second-order valence-corrected chi connectivity index (χ2v) is 5.48. The fourth-order valence-corrected chi connectivity index (χ4v) is 2.34. The summed E-state index contributed by atoms with van der Waals surface area (Å²) in [5, 5.41) is 9.13. The Kier molecular flexibility index (Phi) is 4.58. The van der Waals surface area contributed by atoms with Gasteiger partial charge in [0.15, 0.2) is 5.89 Å². The lowest BCUT2D eigenvalue weighted by atomic mass is 10.1. The zero-order valence-corrected chi connectivity index (χ0v) is 11.5. The van der Waals surface area contributed by atoms with Crippen LogP contribution in [0.4, 0.5) is 0 Å². The minimum atomic E-state index is -1.04. The molecule has 1 aromatic rings. The van der Waals surface area contributed by atoms with E-state index in [-0.39, 0.29) is 11.9 Å². The highest BCUT2D eigenvalue weighted by molar-refractivity contribution is 5.85. The van der Waals surface area contributed by atoms with Crippen LogP contribution in [0.5, 0.6) is 0 Å². The molecule has 1 fully saturated rings. The van der Waals surface area contributed by atoms with Crippen LogP contribution in [-0.4, -0.2) is 28.8 Å². The van der Waals surface area contributed by atoms with Crippen molar-refractivity contribution in [3.05, 3.63) is 17.3 Å². The van der Waals surface area contributed by atoms with Gasteiger partial charge in [-0.3, -0.25) is 0 Å². The molecule has 1 aliphatic heterocycles. The summed E-state index contributed by atoms with van der Waals surface area (Å²) in [6.45, 7) is 4.84. The number of carboxylic acid groups (broad SMARTS) is 1. The monoisotopic (exact) mass is 267 g/mol. The van der Waals surface area contributed by atoms with Gasteiger partial charge in [-0.15, -0.1) is 0 Å². The molecule has 1 atom stereocenters. The predicted molar refractivity (Wildman–Crippen MR) is 69.3 cm³/mol. The van der Waals surface area contributed by atoms with Gasteiger partial charge in [-0.1, -0.05) is 13.8 Å². The fraction of sp³-hybridized carbons (Fsp3) is 0.714. The Labute approximate surface area is 113 Å². The van der Waals surface area contributed by atoms with Crippen LogP contribution in [0.2, 0.25) is 0 Å². The van der Waals surface area contributed by atoms with Gasteiger partial charge in [0.1, 0.15) is 0 Å². The quantitative estimate of drug-likeness (QED) is 0.888. The summed E-state index contributed by atoms with van der Waals surface area (Å²) < 4.78 is 11.0. The molecule has 1 aliphatic rings. The molecule has 0 saturated carbocycles. The Morgan fingerprint density at radius 2 is 2.26 bits per heavy atom. The molecule has 0 aromatic carbocycles. The molecule has 5 nitrogen and oxygen atoms in total. The van der Waals surface area contributed by atoms with Gasteiger partial charge in [-0.05, 0) is 31.6 Å². The van der Waals surface area contributed by atoms with Crippen molar-refractivity contribution in [3.8, 4) is 0 Å². The summed E-state index contributed by atoms with van der Waals surface area (Å²) in [5.74, 6) is -0.222. The van der Waals surface area contributed by atoms with Crippen molar-refractivity contribution < 1.29 is 19.1 Å². The molecule has 1 aromatic heterocycles. The standard InChI is InChI=1S/C14H21NO4/c1-9(2)7-11-13(14(16)17)19-12(15-11)8-10-5-3-4-6-18-10/h9-10H,3-8H2,1-2H3,(H,16,17). The number of carbonyl (C=O) groups is 1. The zero-order chi connectivity index (χ0) is 13.8. The van der Waals surface area contributed by atoms with Crippen LogP contribution in [0.1, 0.15) is 55.2 Å². The maximum absolute atomic E-state index is 11.1. The van der Waals surface area contributed by atoms with E-state index >= 15 is 0 Å². The summed E-state index contributed by atoms with van der Waals surface area (Å²) in [7, 11) is 0. The van der Waals surface area contributed by atoms with Gasteiger partial charge in [0.25, 0.3) is 0 Å². The number of ether oxygens (including phenoxy) is 1. The van der Waals surface area contributed by atoms with E-state index < -0.39 is 5.97 Å². The average molecular weight is 267 g/mol. The number of carboxylic acids is 1. The van der Waals surface area contributed by atoms with Gasteiger partial charge in [-0.2, -0.15) is 0 Å². The summed E-state index contributed by atoms with van der Waals surface area (Å²) in [5.41, 5.74) is 0.549. The average Bonchev–Trinajstić information content (AvgIpc) is 2.72. The van der Waals surface area contributed by atoms with E-state index in [0.717, 1.165) is 25.9 Å². The summed E-state index contributed by atoms with van der Waals surface area (Å²) >= 11 is 0. The van der Waals surface area contributed by atoms with Crippen molar-refractivity contribution in [3.63, 3.8) is 0 Å². The SMILES string of the molecule is CC(C)Cc1nc(CC2CCCCO2)oc1C(=O)O. The molecule has 0 spiro atoms. The second-order valence-electron chi connectivity index (χ2n) is 5.48. The lowest BCUT2D eigenvalue weighted by Crippen LogP contribution is -2.21. The molecule has 0 aliphatic carbocycles. The molecule has 1 N–H and O–H groups in total. The second kappa shape index (κ2) is 6.19. The van der Waals surface area contributed by atoms with Crippen LogP contribution in [0.3, 0.4) is 0 Å². The van der Waals surface area contributed by atoms with E-state index in [0.29, 0.717) is 30.3 Å². The van der Waals surface area contributed by atoms with Crippen molar-refractivity contribution in [2.45, 2.75) is 52.1 Å². The first-order valence-electron chi connectivity index (χ1n) is 6.89. The van der Waals surface area contributed by atoms with Crippen molar-refractivity contribution in [1.29, 1.82) is 0 Å². The van der Waals surface area contributed by atoms with Crippen LogP contribution >= 0.6 is 0 Å². The Morgan fingerprint density at radius 1 is 1.47 bits per heavy atom. The number of aromatic carboxylic acids is 1. The third-order valence-electron chi connectivity index (χ3n) is 3.21. The van der Waals surface area contributed by atoms with E-state index in [9.17, 15) is 4.79 Å². The Balaban J connectivity index is 2.10. The van der Waals surface area contributed by atoms with E-state index in [1.807, 2.05) is 13.8 Å². The topological polar surface area (TPSA) is 72.6 Å². The highest BCUT2D eigenvalue weighted by Crippen LogP contribution is 2.20. The van der Waals surface area contributed by atoms with Gasteiger partial charge in [-0.25, -0.2) is 9.78 Å². The highest BCUT2D eigenvalue weighted by Gasteiger charge is 2.23. The van der Waals surface area contributed by atoms with Gasteiger partial charge >= 0.3 is 5.97 Å². The highest BCUT2D eigenvalue weighted by atomic mass is 16.5. The molecule has 1 unspecified atom stereocenters. The van der Waals surface area contributed by atoms with Gasteiger partial charge < -0.3 is 14.3 Å². The minimum absolute atomic E-state index is 0.0143. The lowest BCUT2D eigenvalue weighted by Gasteiger charge is -2.20.